The molecule has 0 aromatic carbocycles. The van der Waals surface area contributed by atoms with Crippen molar-refractivity contribution in [3.05, 3.63) is 24.3 Å². The third-order valence-corrected chi connectivity index (χ3v) is 3.89. The van der Waals surface area contributed by atoms with Gasteiger partial charge in [-0.15, -0.1) is 11.6 Å². The van der Waals surface area contributed by atoms with E-state index in [1.807, 2.05) is 18.5 Å². The molecule has 3 nitrogen and oxygen atoms in total. The average Bonchev–Trinajstić information content (AvgIpc) is 3.14. The van der Waals surface area contributed by atoms with Crippen LogP contribution in [0.5, 0.6) is 0 Å². The molecule has 1 saturated carbocycles. The van der Waals surface area contributed by atoms with Crippen LogP contribution >= 0.6 is 11.6 Å². The first-order valence-corrected chi connectivity index (χ1v) is 6.68. The monoisotopic (exact) mass is 249 g/mol. The van der Waals surface area contributed by atoms with E-state index in [-0.39, 0.29) is 0 Å². The van der Waals surface area contributed by atoms with Gasteiger partial charge >= 0.3 is 0 Å². The van der Waals surface area contributed by atoms with Crippen LogP contribution in [0.2, 0.25) is 0 Å². The van der Waals surface area contributed by atoms with Gasteiger partial charge in [-0.1, -0.05) is 6.92 Å². The molecule has 0 N–H and O–H groups in total. The molecule has 4 heteroatoms. The predicted molar refractivity (Wildman–Crippen MR) is 69.0 cm³/mol. The summed E-state index contributed by atoms with van der Waals surface area (Å²) in [5.74, 6) is 3.04. The van der Waals surface area contributed by atoms with Crippen LogP contribution in [0, 0.1) is 11.8 Å². The van der Waals surface area contributed by atoms with Crippen LogP contribution in [-0.2, 0) is 12.4 Å². The molecule has 1 aliphatic carbocycles. The highest BCUT2D eigenvalue weighted by Crippen LogP contribution is 2.37. The van der Waals surface area contributed by atoms with E-state index in [1.165, 1.54) is 12.8 Å². The van der Waals surface area contributed by atoms with Gasteiger partial charge < -0.3 is 4.57 Å². The predicted octanol–water partition coefficient (Wildman–Crippen LogP) is 3.22. The van der Waals surface area contributed by atoms with Gasteiger partial charge in [0.05, 0.1) is 17.6 Å². The highest BCUT2D eigenvalue weighted by Gasteiger charge is 2.28. The van der Waals surface area contributed by atoms with Gasteiger partial charge in [-0.25, -0.2) is 4.98 Å². The molecule has 2 aromatic rings. The van der Waals surface area contributed by atoms with E-state index in [9.17, 15) is 0 Å². The Morgan fingerprint density at radius 1 is 1.53 bits per heavy atom. The zero-order valence-corrected chi connectivity index (χ0v) is 10.7. The molecule has 0 amide bonds. The SMILES string of the molecule is CC(Cn1c(CCl)nc2cnccc21)C1CC1. The first-order valence-electron chi connectivity index (χ1n) is 6.14. The second-order valence-corrected chi connectivity index (χ2v) is 5.22. The second-order valence-electron chi connectivity index (χ2n) is 4.95. The fourth-order valence-corrected chi connectivity index (χ4v) is 2.64. The third kappa shape index (κ3) is 2.04. The Kier molecular flexibility index (Phi) is 2.79. The number of pyridine rings is 1. The minimum absolute atomic E-state index is 0.464. The molecule has 1 unspecified atom stereocenters. The lowest BCUT2D eigenvalue weighted by Gasteiger charge is -2.13. The first-order chi connectivity index (χ1) is 8.29. The van der Waals surface area contributed by atoms with Gasteiger partial charge in [0, 0.05) is 12.7 Å². The van der Waals surface area contributed by atoms with E-state index in [2.05, 4.69) is 21.5 Å². The zero-order valence-electron chi connectivity index (χ0n) is 9.93. The number of nitrogens with zero attached hydrogens (tertiary/aromatic N) is 3. The third-order valence-electron chi connectivity index (χ3n) is 3.65. The number of fused-ring (bicyclic) bond motifs is 1. The molecule has 2 heterocycles. The molecule has 0 spiro atoms. The van der Waals surface area contributed by atoms with Crippen molar-refractivity contribution in [2.75, 3.05) is 0 Å². The van der Waals surface area contributed by atoms with E-state index in [0.717, 1.165) is 29.3 Å². The molecular formula is C13H16ClN3. The smallest absolute Gasteiger partial charge is 0.124 e. The minimum atomic E-state index is 0.464. The normalized spacial score (nSPS) is 17.5. The lowest BCUT2D eigenvalue weighted by molar-refractivity contribution is 0.431. The van der Waals surface area contributed by atoms with Crippen LogP contribution in [0.3, 0.4) is 0 Å². The van der Waals surface area contributed by atoms with Crippen molar-refractivity contribution in [3.63, 3.8) is 0 Å². The maximum Gasteiger partial charge on any atom is 0.124 e. The summed E-state index contributed by atoms with van der Waals surface area (Å²) in [6.07, 6.45) is 6.39. The summed E-state index contributed by atoms with van der Waals surface area (Å²) < 4.78 is 2.26. The van der Waals surface area contributed by atoms with Crippen molar-refractivity contribution < 1.29 is 0 Å². The van der Waals surface area contributed by atoms with Crippen LogP contribution in [0.1, 0.15) is 25.6 Å². The Bertz CT molecular complexity index is 530. The quantitative estimate of drug-likeness (QED) is 0.779. The van der Waals surface area contributed by atoms with Crippen molar-refractivity contribution in [2.24, 2.45) is 11.8 Å². The summed E-state index contributed by atoms with van der Waals surface area (Å²) in [5.41, 5.74) is 2.11. The Balaban J connectivity index is 1.99. The number of imidazole rings is 1. The standard InChI is InChI=1S/C13H16ClN3/c1-9(10-2-3-10)8-17-12-4-5-15-7-11(12)16-13(17)6-14/h4-5,7,9-10H,2-3,6,8H2,1H3. The Morgan fingerprint density at radius 3 is 3.06 bits per heavy atom. The molecule has 3 rings (SSSR count). The van der Waals surface area contributed by atoms with Crippen molar-refractivity contribution in [1.29, 1.82) is 0 Å². The van der Waals surface area contributed by atoms with Gasteiger partial charge in [-0.05, 0) is 30.7 Å². The van der Waals surface area contributed by atoms with Crippen molar-refractivity contribution in [3.8, 4) is 0 Å². The molecule has 1 aliphatic rings. The molecule has 0 aliphatic heterocycles. The molecule has 1 atom stereocenters. The Labute approximate surface area is 106 Å². The maximum atomic E-state index is 5.98. The minimum Gasteiger partial charge on any atom is -0.327 e. The van der Waals surface area contributed by atoms with E-state index in [1.54, 1.807) is 0 Å². The summed E-state index contributed by atoms with van der Waals surface area (Å²) in [6.45, 7) is 3.34. The van der Waals surface area contributed by atoms with Crippen LogP contribution < -0.4 is 0 Å². The molecule has 90 valence electrons. The number of rotatable bonds is 4. The molecular weight excluding hydrogens is 234 g/mol. The van der Waals surface area contributed by atoms with Gasteiger partial charge in [0.25, 0.3) is 0 Å². The van der Waals surface area contributed by atoms with E-state index < -0.39 is 0 Å². The summed E-state index contributed by atoms with van der Waals surface area (Å²) >= 11 is 5.98. The number of hydrogen-bond acceptors (Lipinski definition) is 2. The maximum absolute atomic E-state index is 5.98. The van der Waals surface area contributed by atoms with Crippen LogP contribution in [0.4, 0.5) is 0 Å². The fraction of sp³-hybridized carbons (Fsp3) is 0.538. The lowest BCUT2D eigenvalue weighted by atomic mass is 10.1. The van der Waals surface area contributed by atoms with Crippen LogP contribution in [0.25, 0.3) is 11.0 Å². The second kappa shape index (κ2) is 4.30. The summed E-state index contributed by atoms with van der Waals surface area (Å²) in [7, 11) is 0. The molecule has 0 bridgehead atoms. The number of hydrogen-bond donors (Lipinski definition) is 0. The number of alkyl halides is 1. The van der Waals surface area contributed by atoms with Gasteiger partial charge in [0.2, 0.25) is 0 Å². The zero-order chi connectivity index (χ0) is 11.8. The molecule has 0 saturated heterocycles. The largest absolute Gasteiger partial charge is 0.327 e. The van der Waals surface area contributed by atoms with E-state index in [0.29, 0.717) is 11.8 Å². The van der Waals surface area contributed by atoms with E-state index in [4.69, 9.17) is 11.6 Å². The summed E-state index contributed by atoms with van der Waals surface area (Å²) in [6, 6.07) is 2.03. The lowest BCUT2D eigenvalue weighted by Crippen LogP contribution is -2.11. The van der Waals surface area contributed by atoms with Gasteiger partial charge in [0.1, 0.15) is 11.3 Å². The summed E-state index contributed by atoms with van der Waals surface area (Å²) in [4.78, 5) is 8.64. The molecule has 1 fully saturated rings. The number of aromatic nitrogens is 3. The Morgan fingerprint density at radius 2 is 2.35 bits per heavy atom. The first kappa shape index (κ1) is 11.0. The van der Waals surface area contributed by atoms with Gasteiger partial charge in [-0.2, -0.15) is 0 Å². The average molecular weight is 250 g/mol. The van der Waals surface area contributed by atoms with Crippen LogP contribution in [0.15, 0.2) is 18.5 Å². The van der Waals surface area contributed by atoms with Crippen molar-refractivity contribution in [2.45, 2.75) is 32.2 Å². The highest BCUT2D eigenvalue weighted by molar-refractivity contribution is 6.16. The van der Waals surface area contributed by atoms with Crippen molar-refractivity contribution in [1.82, 2.24) is 14.5 Å². The van der Waals surface area contributed by atoms with Crippen LogP contribution in [-0.4, -0.2) is 14.5 Å². The fourth-order valence-electron chi connectivity index (χ4n) is 2.44. The molecule has 17 heavy (non-hydrogen) atoms. The molecule has 2 aromatic heterocycles. The summed E-state index contributed by atoms with van der Waals surface area (Å²) in [5, 5.41) is 0. The van der Waals surface area contributed by atoms with Crippen molar-refractivity contribution >= 4 is 22.6 Å². The highest BCUT2D eigenvalue weighted by atomic mass is 35.5. The topological polar surface area (TPSA) is 30.7 Å². The van der Waals surface area contributed by atoms with Gasteiger partial charge in [0.15, 0.2) is 0 Å². The van der Waals surface area contributed by atoms with Gasteiger partial charge in [-0.3, -0.25) is 4.98 Å². The van der Waals surface area contributed by atoms with E-state index >= 15 is 0 Å². The number of halogens is 1. The Hall–Kier alpha value is -1.09. The molecule has 0 radical (unpaired) electrons.